The largest absolute Gasteiger partial charge is 0.475 e. The lowest BCUT2D eigenvalue weighted by molar-refractivity contribution is -0.0265. The van der Waals surface area contributed by atoms with E-state index in [1.54, 1.807) is 13.3 Å². The van der Waals surface area contributed by atoms with E-state index in [-0.39, 0.29) is 6.10 Å². The molecule has 1 saturated heterocycles. The average Bonchev–Trinajstić information content (AvgIpc) is 2.82. The van der Waals surface area contributed by atoms with Crippen LogP contribution in [0.1, 0.15) is 42.6 Å². The van der Waals surface area contributed by atoms with Gasteiger partial charge in [-0.1, -0.05) is 35.9 Å². The van der Waals surface area contributed by atoms with Gasteiger partial charge in [-0.2, -0.15) is 0 Å². The Labute approximate surface area is 191 Å². The molecule has 1 aliphatic rings. The van der Waals surface area contributed by atoms with Crippen molar-refractivity contribution in [2.75, 3.05) is 40.0 Å². The Morgan fingerprint density at radius 2 is 2.03 bits per heavy atom. The highest BCUT2D eigenvalue weighted by Crippen LogP contribution is 2.33. The van der Waals surface area contributed by atoms with E-state index in [1.807, 2.05) is 12.1 Å². The first kappa shape index (κ1) is 24.0. The standard InChI is InChI=1S/C25H36N4O3/c1-4-26-25(29-18-22-7-5-13-27-24(22)32-16-15-30-3)28-17-21-8-6-14-31-23(21)20-11-9-19(2)10-12-20/h5,7,9-13,21,23H,4,6,8,14-18H2,1-3H3,(H2,26,28,29). The van der Waals surface area contributed by atoms with E-state index in [2.05, 4.69) is 53.7 Å². The van der Waals surface area contributed by atoms with Gasteiger partial charge in [-0.3, -0.25) is 0 Å². The number of ether oxygens (including phenoxy) is 3. The van der Waals surface area contributed by atoms with Crippen molar-refractivity contribution in [3.63, 3.8) is 0 Å². The summed E-state index contributed by atoms with van der Waals surface area (Å²) in [5.74, 6) is 1.78. The first-order chi connectivity index (χ1) is 15.7. The zero-order valence-electron chi connectivity index (χ0n) is 19.5. The van der Waals surface area contributed by atoms with Crippen molar-refractivity contribution in [2.45, 2.75) is 39.3 Å². The Morgan fingerprint density at radius 3 is 2.81 bits per heavy atom. The molecule has 1 aliphatic heterocycles. The monoisotopic (exact) mass is 440 g/mol. The maximum atomic E-state index is 6.17. The van der Waals surface area contributed by atoms with Crippen molar-refractivity contribution >= 4 is 5.96 Å². The van der Waals surface area contributed by atoms with Crippen LogP contribution in [0.25, 0.3) is 0 Å². The fraction of sp³-hybridized carbons (Fsp3) is 0.520. The lowest BCUT2D eigenvalue weighted by Crippen LogP contribution is -2.42. The summed E-state index contributed by atoms with van der Waals surface area (Å²) in [6.45, 7) is 8.05. The summed E-state index contributed by atoms with van der Waals surface area (Å²) in [4.78, 5) is 9.11. The van der Waals surface area contributed by atoms with E-state index in [4.69, 9.17) is 19.2 Å². The molecule has 2 N–H and O–H groups in total. The van der Waals surface area contributed by atoms with Crippen molar-refractivity contribution in [3.05, 3.63) is 59.3 Å². The topological polar surface area (TPSA) is 77.0 Å². The normalized spacial score (nSPS) is 18.9. The smallest absolute Gasteiger partial charge is 0.218 e. The Morgan fingerprint density at radius 1 is 1.19 bits per heavy atom. The van der Waals surface area contributed by atoms with Crippen LogP contribution in [0.15, 0.2) is 47.6 Å². The van der Waals surface area contributed by atoms with Crippen molar-refractivity contribution in [1.29, 1.82) is 0 Å². The predicted molar refractivity (Wildman–Crippen MR) is 127 cm³/mol. The van der Waals surface area contributed by atoms with Gasteiger partial charge in [0, 0.05) is 44.5 Å². The molecule has 0 bridgehead atoms. The van der Waals surface area contributed by atoms with Gasteiger partial charge in [-0.05, 0) is 38.3 Å². The Bertz CT molecular complexity index is 841. The first-order valence-electron chi connectivity index (χ1n) is 11.5. The lowest BCUT2D eigenvalue weighted by atomic mass is 9.89. The maximum Gasteiger partial charge on any atom is 0.218 e. The number of nitrogens with one attached hydrogen (secondary N) is 2. The quantitative estimate of drug-likeness (QED) is 0.334. The second-order valence-electron chi connectivity index (χ2n) is 7.99. The number of hydrogen-bond donors (Lipinski definition) is 2. The molecule has 32 heavy (non-hydrogen) atoms. The van der Waals surface area contributed by atoms with Crippen LogP contribution in [0.2, 0.25) is 0 Å². The molecule has 2 atom stereocenters. The van der Waals surface area contributed by atoms with E-state index in [0.29, 0.717) is 31.6 Å². The number of benzene rings is 1. The van der Waals surface area contributed by atoms with Gasteiger partial charge in [0.1, 0.15) is 6.61 Å². The van der Waals surface area contributed by atoms with Gasteiger partial charge in [0.15, 0.2) is 5.96 Å². The second-order valence-corrected chi connectivity index (χ2v) is 7.99. The van der Waals surface area contributed by atoms with E-state index in [9.17, 15) is 0 Å². The molecular weight excluding hydrogens is 404 g/mol. The minimum absolute atomic E-state index is 0.110. The first-order valence-corrected chi connectivity index (χ1v) is 11.5. The highest BCUT2D eigenvalue weighted by atomic mass is 16.5. The lowest BCUT2D eigenvalue weighted by Gasteiger charge is -2.32. The number of methoxy groups -OCH3 is 1. The van der Waals surface area contributed by atoms with E-state index in [0.717, 1.165) is 44.1 Å². The molecular formula is C25H36N4O3. The molecule has 7 heteroatoms. The number of rotatable bonds is 10. The van der Waals surface area contributed by atoms with Crippen LogP contribution in [0, 0.1) is 12.8 Å². The zero-order valence-corrected chi connectivity index (χ0v) is 19.5. The fourth-order valence-electron chi connectivity index (χ4n) is 3.81. The zero-order chi connectivity index (χ0) is 22.6. The van der Waals surface area contributed by atoms with Gasteiger partial charge in [0.2, 0.25) is 5.88 Å². The summed E-state index contributed by atoms with van der Waals surface area (Å²) in [6, 6.07) is 12.6. The number of pyridine rings is 1. The molecule has 1 fully saturated rings. The summed E-state index contributed by atoms with van der Waals surface area (Å²) >= 11 is 0. The minimum Gasteiger partial charge on any atom is -0.475 e. The van der Waals surface area contributed by atoms with Crippen LogP contribution in [-0.4, -0.2) is 51.0 Å². The highest BCUT2D eigenvalue weighted by molar-refractivity contribution is 5.79. The number of aliphatic imine (C=N–C) groups is 1. The van der Waals surface area contributed by atoms with Crippen molar-refractivity contribution in [2.24, 2.45) is 10.9 Å². The van der Waals surface area contributed by atoms with Crippen LogP contribution in [-0.2, 0) is 16.0 Å². The van der Waals surface area contributed by atoms with E-state index >= 15 is 0 Å². The molecule has 2 heterocycles. The van der Waals surface area contributed by atoms with Crippen LogP contribution >= 0.6 is 0 Å². The van der Waals surface area contributed by atoms with Crippen LogP contribution in [0.4, 0.5) is 0 Å². The van der Waals surface area contributed by atoms with Crippen LogP contribution < -0.4 is 15.4 Å². The Kier molecular flexibility index (Phi) is 9.78. The predicted octanol–water partition coefficient (Wildman–Crippen LogP) is 3.64. The second kappa shape index (κ2) is 13.0. The third kappa shape index (κ3) is 7.21. The van der Waals surface area contributed by atoms with Gasteiger partial charge in [-0.25, -0.2) is 9.98 Å². The number of aromatic nitrogens is 1. The van der Waals surface area contributed by atoms with E-state index in [1.165, 1.54) is 11.1 Å². The molecule has 1 aromatic heterocycles. The summed E-state index contributed by atoms with van der Waals surface area (Å²) in [7, 11) is 1.65. The summed E-state index contributed by atoms with van der Waals surface area (Å²) in [5.41, 5.74) is 3.46. The third-order valence-corrected chi connectivity index (χ3v) is 5.51. The maximum absolute atomic E-state index is 6.17. The summed E-state index contributed by atoms with van der Waals surface area (Å²) < 4.78 is 17.0. The van der Waals surface area contributed by atoms with Gasteiger partial charge in [0.25, 0.3) is 0 Å². The molecule has 2 unspecified atom stereocenters. The van der Waals surface area contributed by atoms with Gasteiger partial charge in [-0.15, -0.1) is 0 Å². The third-order valence-electron chi connectivity index (χ3n) is 5.51. The Hall–Kier alpha value is -2.64. The number of nitrogens with zero attached hydrogens (tertiary/aromatic N) is 2. The molecule has 0 spiro atoms. The van der Waals surface area contributed by atoms with Crippen LogP contribution in [0.5, 0.6) is 5.88 Å². The molecule has 174 valence electrons. The Balaban J connectivity index is 1.63. The molecule has 1 aromatic carbocycles. The van der Waals surface area contributed by atoms with Gasteiger partial charge < -0.3 is 24.8 Å². The highest BCUT2D eigenvalue weighted by Gasteiger charge is 2.27. The van der Waals surface area contributed by atoms with Gasteiger partial charge >= 0.3 is 0 Å². The molecule has 0 aliphatic carbocycles. The molecule has 3 rings (SSSR count). The van der Waals surface area contributed by atoms with Crippen molar-refractivity contribution in [1.82, 2.24) is 15.6 Å². The molecule has 0 radical (unpaired) electrons. The number of hydrogen-bond acceptors (Lipinski definition) is 5. The summed E-state index contributed by atoms with van der Waals surface area (Å²) in [6.07, 6.45) is 4.05. The van der Waals surface area contributed by atoms with Crippen molar-refractivity contribution in [3.8, 4) is 5.88 Å². The number of guanidine groups is 1. The molecule has 7 nitrogen and oxygen atoms in total. The van der Waals surface area contributed by atoms with Crippen molar-refractivity contribution < 1.29 is 14.2 Å². The van der Waals surface area contributed by atoms with Crippen LogP contribution in [0.3, 0.4) is 0 Å². The molecule has 0 amide bonds. The van der Waals surface area contributed by atoms with Gasteiger partial charge in [0.05, 0.1) is 19.3 Å². The molecule has 2 aromatic rings. The minimum atomic E-state index is 0.110. The summed E-state index contributed by atoms with van der Waals surface area (Å²) in [5, 5.41) is 6.86. The average molecular weight is 441 g/mol. The fourth-order valence-corrected chi connectivity index (χ4v) is 3.81. The SMILES string of the molecule is CCNC(=NCc1cccnc1OCCOC)NCC1CCCOC1c1ccc(C)cc1. The van der Waals surface area contributed by atoms with E-state index < -0.39 is 0 Å². The number of aryl methyl sites for hydroxylation is 1. The molecule has 0 saturated carbocycles.